The minimum atomic E-state index is 0.00921. The molecule has 0 radical (unpaired) electrons. The van der Waals surface area contributed by atoms with Crippen LogP contribution in [-0.2, 0) is 9.53 Å². The number of hydrogen-bond donors (Lipinski definition) is 0. The van der Waals surface area contributed by atoms with Crippen LogP contribution in [-0.4, -0.2) is 18.0 Å². The number of carbonyl (C=O) groups is 1. The van der Waals surface area contributed by atoms with Gasteiger partial charge in [0, 0.05) is 11.8 Å². The molecular weight excluding hydrogens is 176 g/mol. The lowest BCUT2D eigenvalue weighted by molar-refractivity contribution is -0.134. The summed E-state index contributed by atoms with van der Waals surface area (Å²) in [5, 5.41) is 0.0757. The minimum absolute atomic E-state index is 0.00921. The van der Waals surface area contributed by atoms with Gasteiger partial charge in [-0.05, 0) is 13.3 Å². The highest BCUT2D eigenvalue weighted by molar-refractivity contribution is 6.20. The second-order valence-corrected chi connectivity index (χ2v) is 3.76. The van der Waals surface area contributed by atoms with Gasteiger partial charge in [-0.1, -0.05) is 19.8 Å². The molecule has 0 saturated carbocycles. The first-order chi connectivity index (χ1) is 5.70. The Morgan fingerprint density at radius 1 is 1.58 bits per heavy atom. The summed E-state index contributed by atoms with van der Waals surface area (Å²) in [5.74, 6) is 0. The van der Waals surface area contributed by atoms with E-state index in [1.165, 1.54) is 0 Å². The summed E-state index contributed by atoms with van der Waals surface area (Å²) in [7, 11) is 0. The molecule has 0 aromatic heterocycles. The topological polar surface area (TPSA) is 26.3 Å². The van der Waals surface area contributed by atoms with Gasteiger partial charge in [-0.25, -0.2) is 0 Å². The Kier molecular flexibility index (Phi) is 7.26. The first-order valence-corrected chi connectivity index (χ1v) is 4.87. The van der Waals surface area contributed by atoms with E-state index >= 15 is 0 Å². The van der Waals surface area contributed by atoms with Crippen molar-refractivity contribution in [1.29, 1.82) is 0 Å². The fourth-order valence-electron chi connectivity index (χ4n) is 1.11. The van der Waals surface area contributed by atoms with E-state index in [1.54, 1.807) is 0 Å². The quantitative estimate of drug-likeness (QED) is 0.458. The zero-order chi connectivity index (χ0) is 9.40. The van der Waals surface area contributed by atoms with Crippen LogP contribution in [0.2, 0.25) is 0 Å². The third-order valence-electron chi connectivity index (χ3n) is 1.72. The zero-order valence-corrected chi connectivity index (χ0v) is 8.51. The van der Waals surface area contributed by atoms with E-state index in [4.69, 9.17) is 16.3 Å². The standard InChI is InChI=1S/C9H17ClO2/c1-3-4-5-9(12-7-11)6-8(2)10/h7-9H,3-6H2,1-2H3. The van der Waals surface area contributed by atoms with Crippen LogP contribution in [0.1, 0.15) is 39.5 Å². The fraction of sp³-hybridized carbons (Fsp3) is 0.889. The second kappa shape index (κ2) is 7.41. The van der Waals surface area contributed by atoms with Gasteiger partial charge < -0.3 is 4.74 Å². The number of unbranched alkanes of at least 4 members (excludes halogenated alkanes) is 1. The Bertz CT molecular complexity index is 115. The Labute approximate surface area is 79.2 Å². The van der Waals surface area contributed by atoms with Gasteiger partial charge in [-0.2, -0.15) is 0 Å². The summed E-state index contributed by atoms with van der Waals surface area (Å²) in [4.78, 5) is 10.1. The van der Waals surface area contributed by atoms with E-state index in [9.17, 15) is 4.79 Å². The highest BCUT2D eigenvalue weighted by Gasteiger charge is 2.11. The van der Waals surface area contributed by atoms with Gasteiger partial charge in [0.05, 0.1) is 0 Å². The molecule has 72 valence electrons. The van der Waals surface area contributed by atoms with E-state index in [1.807, 2.05) is 6.92 Å². The van der Waals surface area contributed by atoms with Crippen molar-refractivity contribution in [1.82, 2.24) is 0 Å². The fourth-order valence-corrected chi connectivity index (χ4v) is 1.31. The van der Waals surface area contributed by atoms with Crippen LogP contribution in [0.4, 0.5) is 0 Å². The number of rotatable bonds is 7. The lowest BCUT2D eigenvalue weighted by Gasteiger charge is -2.15. The van der Waals surface area contributed by atoms with Crippen molar-refractivity contribution in [2.45, 2.75) is 51.0 Å². The van der Waals surface area contributed by atoms with E-state index < -0.39 is 0 Å². The molecule has 0 bridgehead atoms. The van der Waals surface area contributed by atoms with E-state index in [-0.39, 0.29) is 11.5 Å². The maximum absolute atomic E-state index is 10.1. The molecule has 0 spiro atoms. The van der Waals surface area contributed by atoms with Crippen molar-refractivity contribution < 1.29 is 9.53 Å². The number of halogens is 1. The smallest absolute Gasteiger partial charge is 0.293 e. The molecule has 0 rings (SSSR count). The highest BCUT2D eigenvalue weighted by atomic mass is 35.5. The molecule has 2 atom stereocenters. The summed E-state index contributed by atoms with van der Waals surface area (Å²) < 4.78 is 4.89. The van der Waals surface area contributed by atoms with Crippen LogP contribution >= 0.6 is 11.6 Å². The Balaban J connectivity index is 3.61. The van der Waals surface area contributed by atoms with E-state index in [2.05, 4.69) is 6.92 Å². The molecule has 0 aromatic carbocycles. The van der Waals surface area contributed by atoms with Crippen molar-refractivity contribution in [2.75, 3.05) is 0 Å². The highest BCUT2D eigenvalue weighted by Crippen LogP contribution is 2.13. The Morgan fingerprint density at radius 3 is 2.67 bits per heavy atom. The number of hydrogen-bond acceptors (Lipinski definition) is 2. The summed E-state index contributed by atoms with van der Waals surface area (Å²) >= 11 is 5.79. The summed E-state index contributed by atoms with van der Waals surface area (Å²) in [5.41, 5.74) is 0. The predicted molar refractivity (Wildman–Crippen MR) is 50.4 cm³/mol. The van der Waals surface area contributed by atoms with Gasteiger partial charge >= 0.3 is 0 Å². The van der Waals surface area contributed by atoms with Gasteiger partial charge in [-0.3, -0.25) is 4.79 Å². The third kappa shape index (κ3) is 6.47. The molecule has 0 aliphatic rings. The van der Waals surface area contributed by atoms with Crippen molar-refractivity contribution in [2.24, 2.45) is 0 Å². The molecule has 2 nitrogen and oxygen atoms in total. The van der Waals surface area contributed by atoms with Crippen LogP contribution in [0, 0.1) is 0 Å². The molecule has 2 unspecified atom stereocenters. The SMILES string of the molecule is CCCCC(CC(C)Cl)OC=O. The van der Waals surface area contributed by atoms with Crippen LogP contribution in [0.3, 0.4) is 0 Å². The largest absolute Gasteiger partial charge is 0.465 e. The molecule has 0 heterocycles. The van der Waals surface area contributed by atoms with Gasteiger partial charge in [0.25, 0.3) is 6.47 Å². The molecule has 0 aliphatic heterocycles. The normalized spacial score (nSPS) is 15.2. The number of ether oxygens (including phenoxy) is 1. The summed E-state index contributed by atoms with van der Waals surface area (Å²) in [6.07, 6.45) is 3.89. The van der Waals surface area contributed by atoms with Crippen molar-refractivity contribution in [3.63, 3.8) is 0 Å². The summed E-state index contributed by atoms with van der Waals surface area (Å²) in [6, 6.07) is 0. The van der Waals surface area contributed by atoms with Gasteiger partial charge in [0.2, 0.25) is 0 Å². The van der Waals surface area contributed by atoms with E-state index in [0.717, 1.165) is 25.7 Å². The maximum Gasteiger partial charge on any atom is 0.293 e. The monoisotopic (exact) mass is 192 g/mol. The average Bonchev–Trinajstić information content (AvgIpc) is 2.00. The van der Waals surface area contributed by atoms with Crippen LogP contribution in [0.15, 0.2) is 0 Å². The van der Waals surface area contributed by atoms with Crippen LogP contribution in [0.5, 0.6) is 0 Å². The molecule has 0 aliphatic carbocycles. The lowest BCUT2D eigenvalue weighted by Crippen LogP contribution is -2.15. The summed E-state index contributed by atoms with van der Waals surface area (Å²) in [6.45, 7) is 4.54. The van der Waals surface area contributed by atoms with Gasteiger partial charge in [0.1, 0.15) is 6.10 Å². The molecule has 3 heteroatoms. The Morgan fingerprint density at radius 2 is 2.25 bits per heavy atom. The third-order valence-corrected chi connectivity index (χ3v) is 1.89. The number of alkyl halides is 1. The average molecular weight is 193 g/mol. The zero-order valence-electron chi connectivity index (χ0n) is 7.75. The lowest BCUT2D eigenvalue weighted by atomic mass is 10.1. The maximum atomic E-state index is 10.1. The van der Waals surface area contributed by atoms with Crippen LogP contribution < -0.4 is 0 Å². The van der Waals surface area contributed by atoms with Crippen LogP contribution in [0.25, 0.3) is 0 Å². The van der Waals surface area contributed by atoms with Crippen molar-refractivity contribution in [3.05, 3.63) is 0 Å². The molecule has 0 aromatic rings. The predicted octanol–water partition coefficient (Wildman–Crippen LogP) is 2.74. The van der Waals surface area contributed by atoms with Gasteiger partial charge in [-0.15, -0.1) is 11.6 Å². The molecular formula is C9H17ClO2. The van der Waals surface area contributed by atoms with E-state index in [0.29, 0.717) is 6.47 Å². The molecule has 0 amide bonds. The Hall–Kier alpha value is -0.240. The second-order valence-electron chi connectivity index (χ2n) is 3.01. The van der Waals surface area contributed by atoms with Crippen molar-refractivity contribution >= 4 is 18.1 Å². The molecule has 0 fully saturated rings. The molecule has 0 saturated heterocycles. The van der Waals surface area contributed by atoms with Crippen molar-refractivity contribution in [3.8, 4) is 0 Å². The molecule has 12 heavy (non-hydrogen) atoms. The van der Waals surface area contributed by atoms with Gasteiger partial charge in [0.15, 0.2) is 0 Å². The first-order valence-electron chi connectivity index (χ1n) is 4.43. The first kappa shape index (κ1) is 11.8. The number of carbonyl (C=O) groups excluding carboxylic acids is 1. The minimum Gasteiger partial charge on any atom is -0.465 e. The molecule has 0 N–H and O–H groups in total.